The lowest BCUT2D eigenvalue weighted by molar-refractivity contribution is -0.0175. The molecule has 1 fully saturated rings. The van der Waals surface area contributed by atoms with Crippen molar-refractivity contribution in [3.05, 3.63) is 41.7 Å². The minimum atomic E-state index is -0.288. The first kappa shape index (κ1) is 17.6. The summed E-state index contributed by atoms with van der Waals surface area (Å²) < 4.78 is 11.3. The molecule has 23 heavy (non-hydrogen) atoms. The molecule has 3 nitrogen and oxygen atoms in total. The molecule has 1 aliphatic carbocycles. The predicted molar refractivity (Wildman–Crippen MR) is 96.1 cm³/mol. The Balaban J connectivity index is 0.00000192. The van der Waals surface area contributed by atoms with Crippen molar-refractivity contribution in [1.29, 1.82) is 0 Å². The van der Waals surface area contributed by atoms with Gasteiger partial charge < -0.3 is 14.5 Å². The fraction of sp³-hybridized carbons (Fsp3) is 0.500. The Morgan fingerprint density at radius 3 is 2.61 bits per heavy atom. The Hall–Kier alpha value is -1.74. The van der Waals surface area contributed by atoms with Gasteiger partial charge in [-0.2, -0.15) is 0 Å². The van der Waals surface area contributed by atoms with Gasteiger partial charge >= 0.3 is 0 Å². The summed E-state index contributed by atoms with van der Waals surface area (Å²) in [5.74, 6) is 1.55. The van der Waals surface area contributed by atoms with E-state index in [-0.39, 0.29) is 13.0 Å². The molecule has 0 aliphatic heterocycles. The van der Waals surface area contributed by atoms with Crippen molar-refractivity contribution in [1.82, 2.24) is 4.98 Å². The zero-order valence-electron chi connectivity index (χ0n) is 13.9. The number of H-pyrrole nitrogens is 1. The maximum Gasteiger partial charge on any atom is 0.119 e. The number of hydrogen-bond acceptors (Lipinski definition) is 2. The zero-order chi connectivity index (χ0) is 15.7. The fourth-order valence-electron chi connectivity index (χ4n) is 3.19. The van der Waals surface area contributed by atoms with Gasteiger partial charge in [0.15, 0.2) is 0 Å². The Bertz CT molecular complexity index is 653. The zero-order valence-corrected chi connectivity index (χ0v) is 13.9. The van der Waals surface area contributed by atoms with Crippen LogP contribution in [-0.2, 0) is 10.3 Å². The van der Waals surface area contributed by atoms with Crippen molar-refractivity contribution in [2.75, 3.05) is 13.7 Å². The van der Waals surface area contributed by atoms with Gasteiger partial charge in [0.25, 0.3) is 0 Å². The van der Waals surface area contributed by atoms with Gasteiger partial charge in [-0.25, -0.2) is 0 Å². The molecule has 0 atom stereocenters. The smallest absolute Gasteiger partial charge is 0.119 e. The number of ether oxygens (including phenoxy) is 2. The van der Waals surface area contributed by atoms with Gasteiger partial charge in [-0.15, -0.1) is 0 Å². The minimum Gasteiger partial charge on any atom is -0.497 e. The van der Waals surface area contributed by atoms with E-state index in [1.54, 1.807) is 7.11 Å². The maximum absolute atomic E-state index is 5.97. The highest BCUT2D eigenvalue weighted by Gasteiger charge is 2.35. The minimum absolute atomic E-state index is 0. The average Bonchev–Trinajstić information content (AvgIpc) is 3.25. The van der Waals surface area contributed by atoms with Crippen LogP contribution in [0.4, 0.5) is 0 Å². The first-order chi connectivity index (χ1) is 10.6. The predicted octanol–water partition coefficient (Wildman–Crippen LogP) is 5.48. The molecule has 0 unspecified atom stereocenters. The highest BCUT2D eigenvalue weighted by atomic mass is 16.5. The first-order valence-electron chi connectivity index (χ1n) is 8.07. The summed E-state index contributed by atoms with van der Waals surface area (Å²) in [6.45, 7) is 7.04. The molecule has 1 heterocycles. The lowest BCUT2D eigenvalue weighted by Crippen LogP contribution is -2.23. The summed E-state index contributed by atoms with van der Waals surface area (Å²) in [4.78, 5) is 3.49. The molecule has 3 heteroatoms. The molecule has 1 aromatic carbocycles. The molecule has 1 aliphatic rings. The van der Waals surface area contributed by atoms with Gasteiger partial charge in [-0.3, -0.25) is 0 Å². The molecule has 3 rings (SSSR count). The molecule has 0 amide bonds. The number of methoxy groups -OCH3 is 1. The van der Waals surface area contributed by atoms with E-state index in [0.29, 0.717) is 12.5 Å². The quantitative estimate of drug-likeness (QED) is 0.766. The van der Waals surface area contributed by atoms with Crippen molar-refractivity contribution in [3.8, 4) is 16.9 Å². The van der Waals surface area contributed by atoms with Crippen molar-refractivity contribution in [2.24, 2.45) is 0 Å². The topological polar surface area (TPSA) is 34.2 Å². The molecule has 0 spiro atoms. The summed E-state index contributed by atoms with van der Waals surface area (Å²) in [5, 5.41) is 0. The maximum atomic E-state index is 5.97. The number of rotatable bonds is 6. The second kappa shape index (κ2) is 6.79. The lowest BCUT2D eigenvalue weighted by atomic mass is 9.93. The Kier molecular flexibility index (Phi) is 5.20. The third kappa shape index (κ3) is 3.45. The summed E-state index contributed by atoms with van der Waals surface area (Å²) in [6.07, 6.45) is 4.66. The Labute approximate surface area is 140 Å². The van der Waals surface area contributed by atoms with Crippen LogP contribution in [0, 0.1) is 0 Å². The van der Waals surface area contributed by atoms with Crippen molar-refractivity contribution < 1.29 is 9.47 Å². The molecule has 1 saturated carbocycles. The molecule has 1 aromatic heterocycles. The van der Waals surface area contributed by atoms with Gasteiger partial charge in [0.05, 0.1) is 12.8 Å². The van der Waals surface area contributed by atoms with E-state index in [2.05, 4.69) is 37.2 Å². The van der Waals surface area contributed by atoms with Crippen molar-refractivity contribution in [3.63, 3.8) is 0 Å². The summed E-state index contributed by atoms with van der Waals surface area (Å²) in [6, 6.07) is 8.28. The van der Waals surface area contributed by atoms with Crippen LogP contribution in [0.25, 0.3) is 11.1 Å². The van der Waals surface area contributed by atoms with Gasteiger partial charge in [0, 0.05) is 18.4 Å². The van der Waals surface area contributed by atoms with Crippen molar-refractivity contribution >= 4 is 0 Å². The van der Waals surface area contributed by atoms with E-state index in [4.69, 9.17) is 9.47 Å². The Morgan fingerprint density at radius 1 is 1.26 bits per heavy atom. The first-order valence-corrected chi connectivity index (χ1v) is 8.07. The SMILES string of the molecule is C.CCOC(C)(C)c1[nH]cc(-c2cccc(OC)c2)c1C1CC1. The molecular weight excluding hydrogens is 286 g/mol. The molecule has 2 aromatic rings. The summed E-state index contributed by atoms with van der Waals surface area (Å²) in [5.41, 5.74) is 4.84. The number of hydrogen-bond donors (Lipinski definition) is 1. The molecule has 0 radical (unpaired) electrons. The van der Waals surface area contributed by atoms with Crippen LogP contribution in [0.2, 0.25) is 0 Å². The molecular formula is C20H29NO2. The average molecular weight is 315 g/mol. The monoisotopic (exact) mass is 315 g/mol. The van der Waals surface area contributed by atoms with E-state index in [0.717, 1.165) is 5.75 Å². The van der Waals surface area contributed by atoms with Gasteiger partial charge in [-0.05, 0) is 62.8 Å². The highest BCUT2D eigenvalue weighted by molar-refractivity contribution is 5.71. The normalized spacial score (nSPS) is 14.4. The summed E-state index contributed by atoms with van der Waals surface area (Å²) >= 11 is 0. The highest BCUT2D eigenvalue weighted by Crippen LogP contribution is 2.49. The van der Waals surface area contributed by atoms with Crippen LogP contribution in [0.1, 0.15) is 58.2 Å². The largest absolute Gasteiger partial charge is 0.497 e. The fourth-order valence-corrected chi connectivity index (χ4v) is 3.19. The van der Waals surface area contributed by atoms with Crippen LogP contribution in [-0.4, -0.2) is 18.7 Å². The van der Waals surface area contributed by atoms with Crippen LogP contribution in [0.15, 0.2) is 30.5 Å². The van der Waals surface area contributed by atoms with Crippen LogP contribution in [0.3, 0.4) is 0 Å². The third-order valence-corrected chi connectivity index (χ3v) is 4.39. The van der Waals surface area contributed by atoms with E-state index in [1.165, 1.54) is 35.2 Å². The number of aromatic nitrogens is 1. The number of benzene rings is 1. The second-order valence-corrected chi connectivity index (χ2v) is 6.44. The molecule has 0 bridgehead atoms. The van der Waals surface area contributed by atoms with Crippen LogP contribution in [0.5, 0.6) is 5.75 Å². The molecule has 1 N–H and O–H groups in total. The van der Waals surface area contributed by atoms with E-state index in [1.807, 2.05) is 19.1 Å². The molecule has 126 valence electrons. The van der Waals surface area contributed by atoms with Crippen LogP contribution < -0.4 is 4.74 Å². The second-order valence-electron chi connectivity index (χ2n) is 6.44. The van der Waals surface area contributed by atoms with Gasteiger partial charge in [0.1, 0.15) is 11.4 Å². The number of aromatic amines is 1. The van der Waals surface area contributed by atoms with Gasteiger partial charge in [-0.1, -0.05) is 19.6 Å². The standard InChI is InChI=1S/C19H25NO2.CH4/c1-5-22-19(2,3)18-17(13-9-10-13)16(12-20-18)14-7-6-8-15(11-14)21-4;/h6-8,11-13,20H,5,9-10H2,1-4H3;1H4. The third-order valence-electron chi connectivity index (χ3n) is 4.39. The number of nitrogens with one attached hydrogen (secondary N) is 1. The Morgan fingerprint density at radius 2 is 2.00 bits per heavy atom. The van der Waals surface area contributed by atoms with E-state index in [9.17, 15) is 0 Å². The molecule has 0 saturated heterocycles. The lowest BCUT2D eigenvalue weighted by Gasteiger charge is -2.25. The van der Waals surface area contributed by atoms with Gasteiger partial charge in [0.2, 0.25) is 0 Å². The summed E-state index contributed by atoms with van der Waals surface area (Å²) in [7, 11) is 1.71. The van der Waals surface area contributed by atoms with E-state index >= 15 is 0 Å². The van der Waals surface area contributed by atoms with Crippen molar-refractivity contribution in [2.45, 2.75) is 52.6 Å². The van der Waals surface area contributed by atoms with E-state index < -0.39 is 0 Å². The van der Waals surface area contributed by atoms with Crippen LogP contribution >= 0.6 is 0 Å².